The van der Waals surface area contributed by atoms with Crippen LogP contribution in [0.15, 0.2) is 66.9 Å². The maximum Gasteiger partial charge on any atom is 0.254 e. The second kappa shape index (κ2) is 7.80. The van der Waals surface area contributed by atoms with Gasteiger partial charge in [-0.1, -0.05) is 48.5 Å². The number of aryl methyl sites for hydroxylation is 1. The summed E-state index contributed by atoms with van der Waals surface area (Å²) in [5, 5.41) is 4.51. The maximum atomic E-state index is 13.3. The number of ketones is 1. The molecule has 0 aliphatic carbocycles. The predicted octanol–water partition coefficient (Wildman–Crippen LogP) is 3.67. The Labute approximate surface area is 164 Å². The topological polar surface area (TPSA) is 55.2 Å². The Balaban J connectivity index is 1.59. The fraction of sp³-hybridized carbons (Fsp3) is 0.261. The zero-order valence-electron chi connectivity index (χ0n) is 15.9. The molecule has 5 heteroatoms. The lowest BCUT2D eigenvalue weighted by molar-refractivity contribution is 0.0702. The molecule has 1 atom stereocenters. The van der Waals surface area contributed by atoms with E-state index in [1.807, 2.05) is 48.5 Å². The van der Waals surface area contributed by atoms with Gasteiger partial charge in [0.1, 0.15) is 0 Å². The van der Waals surface area contributed by atoms with Gasteiger partial charge in [-0.25, -0.2) is 0 Å². The van der Waals surface area contributed by atoms with Crippen LogP contribution in [-0.4, -0.2) is 39.5 Å². The number of carbonyl (C=O) groups excluding carboxylic acids is 2. The first-order chi connectivity index (χ1) is 13.6. The highest BCUT2D eigenvalue weighted by atomic mass is 16.2. The van der Waals surface area contributed by atoms with E-state index in [2.05, 4.69) is 5.10 Å². The number of nitrogens with zero attached hydrogens (tertiary/aromatic N) is 3. The van der Waals surface area contributed by atoms with Crippen molar-refractivity contribution in [3.8, 4) is 0 Å². The molecule has 1 fully saturated rings. The van der Waals surface area contributed by atoms with Gasteiger partial charge in [0.05, 0.1) is 11.3 Å². The van der Waals surface area contributed by atoms with E-state index in [0.29, 0.717) is 29.8 Å². The number of likely N-dealkylation sites (tertiary alicyclic amines) is 1. The minimum absolute atomic E-state index is 0.0829. The summed E-state index contributed by atoms with van der Waals surface area (Å²) >= 11 is 0. The average Bonchev–Trinajstić information content (AvgIpc) is 3.20. The van der Waals surface area contributed by atoms with Crippen molar-refractivity contribution in [2.75, 3.05) is 13.1 Å². The van der Waals surface area contributed by atoms with E-state index in [4.69, 9.17) is 0 Å². The Bertz CT molecular complexity index is 994. The van der Waals surface area contributed by atoms with Crippen LogP contribution < -0.4 is 0 Å². The van der Waals surface area contributed by atoms with Crippen molar-refractivity contribution < 1.29 is 9.59 Å². The Hall–Kier alpha value is -3.21. The molecule has 2 aromatic carbocycles. The number of piperidine rings is 1. The number of amides is 1. The summed E-state index contributed by atoms with van der Waals surface area (Å²) in [6.07, 6.45) is 3.89. The summed E-state index contributed by atoms with van der Waals surface area (Å²) in [4.78, 5) is 28.1. The predicted molar refractivity (Wildman–Crippen MR) is 107 cm³/mol. The van der Waals surface area contributed by atoms with E-state index in [1.54, 1.807) is 35.0 Å². The summed E-state index contributed by atoms with van der Waals surface area (Å²) < 4.78 is 1.80. The van der Waals surface area contributed by atoms with Gasteiger partial charge in [0, 0.05) is 43.4 Å². The van der Waals surface area contributed by atoms with Crippen molar-refractivity contribution in [1.82, 2.24) is 14.7 Å². The standard InChI is InChI=1S/C23H23N3O2/c1-25-15-13-21(24-25)18-10-7-14-26(16-18)23(28)20-12-6-5-11-19(20)22(27)17-8-3-2-4-9-17/h2-6,8-9,11-13,15,18H,7,10,14,16H2,1H3. The Morgan fingerprint density at radius 2 is 1.68 bits per heavy atom. The number of rotatable bonds is 4. The van der Waals surface area contributed by atoms with Gasteiger partial charge in [0.2, 0.25) is 0 Å². The zero-order chi connectivity index (χ0) is 19.5. The molecule has 28 heavy (non-hydrogen) atoms. The van der Waals surface area contributed by atoms with Gasteiger partial charge in [0.15, 0.2) is 5.78 Å². The number of carbonyl (C=O) groups is 2. The molecular weight excluding hydrogens is 350 g/mol. The highest BCUT2D eigenvalue weighted by Crippen LogP contribution is 2.27. The number of benzene rings is 2. The molecule has 1 aliphatic rings. The first-order valence-corrected chi connectivity index (χ1v) is 9.61. The largest absolute Gasteiger partial charge is 0.338 e. The lowest BCUT2D eigenvalue weighted by Gasteiger charge is -2.32. The monoisotopic (exact) mass is 373 g/mol. The molecule has 1 aromatic heterocycles. The average molecular weight is 373 g/mol. The highest BCUT2D eigenvalue weighted by molar-refractivity contribution is 6.15. The third-order valence-corrected chi connectivity index (χ3v) is 5.30. The molecule has 0 N–H and O–H groups in total. The maximum absolute atomic E-state index is 13.3. The summed E-state index contributed by atoms with van der Waals surface area (Å²) in [6.45, 7) is 1.33. The number of hydrogen-bond acceptors (Lipinski definition) is 3. The SMILES string of the molecule is Cn1ccc(C2CCCN(C(=O)c3ccccc3C(=O)c3ccccc3)C2)n1. The first kappa shape index (κ1) is 18.2. The van der Waals surface area contributed by atoms with Crippen LogP contribution in [0.25, 0.3) is 0 Å². The van der Waals surface area contributed by atoms with Crippen molar-refractivity contribution in [3.05, 3.63) is 89.2 Å². The van der Waals surface area contributed by atoms with E-state index in [1.165, 1.54) is 0 Å². The van der Waals surface area contributed by atoms with E-state index in [0.717, 1.165) is 18.5 Å². The lowest BCUT2D eigenvalue weighted by Crippen LogP contribution is -2.39. The van der Waals surface area contributed by atoms with Crippen LogP contribution in [0.1, 0.15) is 50.7 Å². The van der Waals surface area contributed by atoms with Gasteiger partial charge in [-0.15, -0.1) is 0 Å². The second-order valence-corrected chi connectivity index (χ2v) is 7.25. The third-order valence-electron chi connectivity index (χ3n) is 5.30. The fourth-order valence-electron chi connectivity index (χ4n) is 3.84. The van der Waals surface area contributed by atoms with Crippen LogP contribution in [0, 0.1) is 0 Å². The van der Waals surface area contributed by atoms with Gasteiger partial charge >= 0.3 is 0 Å². The van der Waals surface area contributed by atoms with Crippen LogP contribution in [0.4, 0.5) is 0 Å². The Kier molecular flexibility index (Phi) is 5.06. The molecule has 2 heterocycles. The summed E-state index contributed by atoms with van der Waals surface area (Å²) in [5.74, 6) is 0.0271. The Morgan fingerprint density at radius 3 is 2.39 bits per heavy atom. The molecule has 0 spiro atoms. The second-order valence-electron chi connectivity index (χ2n) is 7.25. The zero-order valence-corrected chi connectivity index (χ0v) is 15.9. The molecule has 5 nitrogen and oxygen atoms in total. The third kappa shape index (κ3) is 3.60. The van der Waals surface area contributed by atoms with Gasteiger partial charge in [-0.2, -0.15) is 5.10 Å². The van der Waals surface area contributed by atoms with Gasteiger partial charge in [-0.3, -0.25) is 14.3 Å². The molecule has 142 valence electrons. The molecular formula is C23H23N3O2. The molecule has 1 saturated heterocycles. The van der Waals surface area contributed by atoms with E-state index in [-0.39, 0.29) is 17.6 Å². The summed E-state index contributed by atoms with van der Waals surface area (Å²) in [6, 6.07) is 18.2. The minimum Gasteiger partial charge on any atom is -0.338 e. The number of hydrogen-bond donors (Lipinski definition) is 0. The highest BCUT2D eigenvalue weighted by Gasteiger charge is 2.28. The molecule has 0 radical (unpaired) electrons. The molecule has 1 aliphatic heterocycles. The van der Waals surface area contributed by atoms with Crippen LogP contribution in [0.2, 0.25) is 0 Å². The quantitative estimate of drug-likeness (QED) is 0.656. The van der Waals surface area contributed by atoms with Crippen molar-refractivity contribution in [1.29, 1.82) is 0 Å². The smallest absolute Gasteiger partial charge is 0.254 e. The summed E-state index contributed by atoms with van der Waals surface area (Å²) in [7, 11) is 1.90. The van der Waals surface area contributed by atoms with Crippen molar-refractivity contribution in [2.45, 2.75) is 18.8 Å². The molecule has 3 aromatic rings. The first-order valence-electron chi connectivity index (χ1n) is 9.61. The molecule has 1 amide bonds. The van der Waals surface area contributed by atoms with E-state index < -0.39 is 0 Å². The molecule has 1 unspecified atom stereocenters. The fourth-order valence-corrected chi connectivity index (χ4v) is 3.84. The lowest BCUT2D eigenvalue weighted by atomic mass is 9.93. The van der Waals surface area contributed by atoms with Crippen molar-refractivity contribution in [2.24, 2.45) is 7.05 Å². The van der Waals surface area contributed by atoms with E-state index in [9.17, 15) is 9.59 Å². The van der Waals surface area contributed by atoms with Crippen LogP contribution in [0.3, 0.4) is 0 Å². The van der Waals surface area contributed by atoms with E-state index >= 15 is 0 Å². The molecule has 4 rings (SSSR count). The van der Waals surface area contributed by atoms with Crippen LogP contribution >= 0.6 is 0 Å². The van der Waals surface area contributed by atoms with Crippen LogP contribution in [-0.2, 0) is 7.05 Å². The van der Waals surface area contributed by atoms with Gasteiger partial charge < -0.3 is 4.90 Å². The van der Waals surface area contributed by atoms with Crippen molar-refractivity contribution in [3.63, 3.8) is 0 Å². The van der Waals surface area contributed by atoms with Crippen LogP contribution in [0.5, 0.6) is 0 Å². The minimum atomic E-state index is -0.122. The van der Waals surface area contributed by atoms with Crippen molar-refractivity contribution >= 4 is 11.7 Å². The van der Waals surface area contributed by atoms with Gasteiger partial charge in [0.25, 0.3) is 5.91 Å². The number of aromatic nitrogens is 2. The Morgan fingerprint density at radius 1 is 0.964 bits per heavy atom. The normalized spacial score (nSPS) is 16.8. The van der Waals surface area contributed by atoms with Gasteiger partial charge in [-0.05, 0) is 25.0 Å². The summed E-state index contributed by atoms with van der Waals surface area (Å²) in [5.41, 5.74) is 2.54. The molecule has 0 saturated carbocycles. The molecule has 0 bridgehead atoms.